The van der Waals surface area contributed by atoms with E-state index in [4.69, 9.17) is 5.73 Å². The molecular formula is C10H13F2NO. The Kier molecular flexibility index (Phi) is 3.18. The molecule has 0 aromatic heterocycles. The lowest BCUT2D eigenvalue weighted by atomic mass is 10.0. The van der Waals surface area contributed by atoms with Crippen LogP contribution in [0.4, 0.5) is 8.78 Å². The average molecular weight is 201 g/mol. The summed E-state index contributed by atoms with van der Waals surface area (Å²) in [5, 5.41) is 9.46. The van der Waals surface area contributed by atoms with E-state index in [9.17, 15) is 13.9 Å². The summed E-state index contributed by atoms with van der Waals surface area (Å²) in [5.74, 6) is -1.95. The van der Waals surface area contributed by atoms with E-state index >= 15 is 0 Å². The Labute approximate surface area is 81.4 Å². The molecule has 0 unspecified atom stereocenters. The van der Waals surface area contributed by atoms with E-state index in [1.54, 1.807) is 0 Å². The zero-order valence-electron chi connectivity index (χ0n) is 8.09. The first-order valence-electron chi connectivity index (χ1n) is 4.33. The lowest BCUT2D eigenvalue weighted by Crippen LogP contribution is -2.25. The van der Waals surface area contributed by atoms with Crippen molar-refractivity contribution in [2.24, 2.45) is 5.73 Å². The first-order chi connectivity index (χ1) is 6.45. The summed E-state index contributed by atoms with van der Waals surface area (Å²) in [4.78, 5) is 0. The molecule has 14 heavy (non-hydrogen) atoms. The minimum atomic E-state index is -1.18. The van der Waals surface area contributed by atoms with Crippen LogP contribution in [-0.4, -0.2) is 11.1 Å². The van der Waals surface area contributed by atoms with E-state index in [0.717, 1.165) is 0 Å². The van der Waals surface area contributed by atoms with E-state index in [1.807, 2.05) is 0 Å². The normalized spacial score (nSPS) is 15.3. The first kappa shape index (κ1) is 11.1. The third kappa shape index (κ3) is 1.91. The van der Waals surface area contributed by atoms with Crippen LogP contribution in [0, 0.1) is 18.6 Å². The Balaban J connectivity index is 3.17. The summed E-state index contributed by atoms with van der Waals surface area (Å²) in [6.07, 6.45) is -1.18. The number of nitrogens with two attached hydrogens (primary N) is 1. The Morgan fingerprint density at radius 2 is 1.86 bits per heavy atom. The highest BCUT2D eigenvalue weighted by atomic mass is 19.2. The van der Waals surface area contributed by atoms with Gasteiger partial charge in [0.2, 0.25) is 0 Å². The molecule has 2 nitrogen and oxygen atoms in total. The number of aliphatic hydroxyl groups is 1. The molecule has 0 amide bonds. The van der Waals surface area contributed by atoms with Gasteiger partial charge in [-0.3, -0.25) is 0 Å². The Morgan fingerprint density at radius 3 is 2.36 bits per heavy atom. The van der Waals surface area contributed by atoms with Gasteiger partial charge in [-0.1, -0.05) is 12.1 Å². The van der Waals surface area contributed by atoms with Crippen LogP contribution in [0.2, 0.25) is 0 Å². The lowest BCUT2D eigenvalue weighted by Gasteiger charge is -2.16. The van der Waals surface area contributed by atoms with E-state index in [1.165, 1.54) is 26.0 Å². The SMILES string of the molecule is Cc1ccc([C@@H](O)[C@H](C)N)c(F)c1F. The maximum atomic E-state index is 13.3. The molecule has 0 aliphatic rings. The summed E-state index contributed by atoms with van der Waals surface area (Å²) in [6.45, 7) is 2.99. The van der Waals surface area contributed by atoms with Crippen molar-refractivity contribution in [1.29, 1.82) is 0 Å². The molecule has 78 valence electrons. The number of hydrogen-bond donors (Lipinski definition) is 2. The molecule has 1 aromatic carbocycles. The number of benzene rings is 1. The molecule has 0 aliphatic carbocycles. The highest BCUT2D eigenvalue weighted by Crippen LogP contribution is 2.22. The third-order valence-corrected chi connectivity index (χ3v) is 2.12. The lowest BCUT2D eigenvalue weighted by molar-refractivity contribution is 0.148. The van der Waals surface area contributed by atoms with Crippen molar-refractivity contribution in [3.63, 3.8) is 0 Å². The van der Waals surface area contributed by atoms with Crippen molar-refractivity contribution in [2.45, 2.75) is 26.0 Å². The van der Waals surface area contributed by atoms with Gasteiger partial charge in [-0.25, -0.2) is 8.78 Å². The Morgan fingerprint density at radius 1 is 1.29 bits per heavy atom. The zero-order valence-corrected chi connectivity index (χ0v) is 8.09. The van der Waals surface area contributed by atoms with Crippen LogP contribution in [0.25, 0.3) is 0 Å². The summed E-state index contributed by atoms with van der Waals surface area (Å²) in [7, 11) is 0. The number of rotatable bonds is 2. The maximum absolute atomic E-state index is 13.3. The van der Waals surface area contributed by atoms with E-state index in [-0.39, 0.29) is 11.1 Å². The van der Waals surface area contributed by atoms with Crippen LogP contribution in [-0.2, 0) is 0 Å². The molecule has 0 saturated carbocycles. The molecule has 3 N–H and O–H groups in total. The van der Waals surface area contributed by atoms with E-state index in [2.05, 4.69) is 0 Å². The van der Waals surface area contributed by atoms with Gasteiger partial charge in [-0.15, -0.1) is 0 Å². The second-order valence-electron chi connectivity index (χ2n) is 3.40. The number of halogens is 2. The Bertz CT molecular complexity index is 339. The summed E-state index contributed by atoms with van der Waals surface area (Å²) in [5.41, 5.74) is 5.50. The molecule has 0 heterocycles. The molecule has 0 saturated heterocycles. The van der Waals surface area contributed by atoms with Crippen molar-refractivity contribution in [3.8, 4) is 0 Å². The number of aliphatic hydroxyl groups excluding tert-OH is 1. The van der Waals surface area contributed by atoms with Crippen molar-refractivity contribution in [3.05, 3.63) is 34.9 Å². The van der Waals surface area contributed by atoms with Crippen LogP contribution in [0.5, 0.6) is 0 Å². The fraction of sp³-hybridized carbons (Fsp3) is 0.400. The van der Waals surface area contributed by atoms with Gasteiger partial charge in [0.25, 0.3) is 0 Å². The van der Waals surface area contributed by atoms with Crippen LogP contribution >= 0.6 is 0 Å². The first-order valence-corrected chi connectivity index (χ1v) is 4.33. The highest BCUT2D eigenvalue weighted by Gasteiger charge is 2.20. The molecule has 2 atom stereocenters. The molecule has 0 aliphatic heterocycles. The molecule has 0 spiro atoms. The molecule has 0 bridgehead atoms. The standard InChI is InChI=1S/C10H13F2NO/c1-5-3-4-7(9(12)8(5)11)10(14)6(2)13/h3-4,6,10,14H,13H2,1-2H3/t6-,10-/m0/s1. The maximum Gasteiger partial charge on any atom is 0.164 e. The molecule has 1 aromatic rings. The second kappa shape index (κ2) is 4.02. The van der Waals surface area contributed by atoms with Gasteiger partial charge >= 0.3 is 0 Å². The van der Waals surface area contributed by atoms with Gasteiger partial charge in [-0.05, 0) is 19.4 Å². The average Bonchev–Trinajstić information content (AvgIpc) is 2.13. The number of aryl methyl sites for hydroxylation is 1. The smallest absolute Gasteiger partial charge is 0.164 e. The fourth-order valence-corrected chi connectivity index (χ4v) is 1.17. The minimum Gasteiger partial charge on any atom is -0.387 e. The molecule has 0 radical (unpaired) electrons. The van der Waals surface area contributed by atoms with Crippen LogP contribution in [0.3, 0.4) is 0 Å². The largest absolute Gasteiger partial charge is 0.387 e. The summed E-state index contributed by atoms with van der Waals surface area (Å²) >= 11 is 0. The minimum absolute atomic E-state index is 0.0944. The summed E-state index contributed by atoms with van der Waals surface area (Å²) < 4.78 is 26.4. The molecule has 4 heteroatoms. The molecule has 0 fully saturated rings. The van der Waals surface area contributed by atoms with Gasteiger partial charge in [0, 0.05) is 11.6 Å². The predicted molar refractivity (Wildman–Crippen MR) is 49.7 cm³/mol. The van der Waals surface area contributed by atoms with Crippen molar-refractivity contribution in [1.82, 2.24) is 0 Å². The number of hydrogen-bond acceptors (Lipinski definition) is 2. The van der Waals surface area contributed by atoms with Crippen LogP contribution in [0.15, 0.2) is 12.1 Å². The predicted octanol–water partition coefficient (Wildman–Crippen LogP) is 1.65. The van der Waals surface area contributed by atoms with Crippen molar-refractivity contribution >= 4 is 0 Å². The quantitative estimate of drug-likeness (QED) is 0.764. The van der Waals surface area contributed by atoms with Gasteiger partial charge in [0.05, 0.1) is 6.10 Å². The zero-order chi connectivity index (χ0) is 10.9. The van der Waals surface area contributed by atoms with E-state index < -0.39 is 23.8 Å². The van der Waals surface area contributed by atoms with Gasteiger partial charge in [-0.2, -0.15) is 0 Å². The van der Waals surface area contributed by atoms with Crippen LogP contribution < -0.4 is 5.73 Å². The van der Waals surface area contributed by atoms with Gasteiger partial charge in [0.15, 0.2) is 11.6 Å². The molecule has 1 rings (SSSR count). The van der Waals surface area contributed by atoms with Gasteiger partial charge < -0.3 is 10.8 Å². The monoisotopic (exact) mass is 201 g/mol. The topological polar surface area (TPSA) is 46.2 Å². The van der Waals surface area contributed by atoms with Crippen LogP contribution in [0.1, 0.15) is 24.2 Å². The highest BCUT2D eigenvalue weighted by molar-refractivity contribution is 5.27. The second-order valence-corrected chi connectivity index (χ2v) is 3.40. The van der Waals surface area contributed by atoms with Crippen molar-refractivity contribution in [2.75, 3.05) is 0 Å². The van der Waals surface area contributed by atoms with E-state index in [0.29, 0.717) is 0 Å². The molecular weight excluding hydrogens is 188 g/mol. The van der Waals surface area contributed by atoms with Crippen molar-refractivity contribution < 1.29 is 13.9 Å². The summed E-state index contributed by atoms with van der Waals surface area (Å²) in [6, 6.07) is 2.13. The van der Waals surface area contributed by atoms with Gasteiger partial charge in [0.1, 0.15) is 0 Å². The third-order valence-electron chi connectivity index (χ3n) is 2.12. The Hall–Kier alpha value is -1.00. The fourth-order valence-electron chi connectivity index (χ4n) is 1.17.